The largest absolute Gasteiger partial charge is 0.390 e. The van der Waals surface area contributed by atoms with E-state index in [1.807, 2.05) is 4.90 Å². The van der Waals surface area contributed by atoms with E-state index in [2.05, 4.69) is 0 Å². The van der Waals surface area contributed by atoms with Crippen LogP contribution in [0.25, 0.3) is 0 Å². The second kappa shape index (κ2) is 4.82. The van der Waals surface area contributed by atoms with Gasteiger partial charge in [-0.25, -0.2) is 0 Å². The minimum Gasteiger partial charge on any atom is -0.390 e. The van der Waals surface area contributed by atoms with Gasteiger partial charge in [0.15, 0.2) is 0 Å². The first-order valence-electron chi connectivity index (χ1n) is 7.29. The highest BCUT2D eigenvalue weighted by Gasteiger charge is 2.44. The first-order chi connectivity index (χ1) is 8.70. The maximum atomic E-state index is 12.0. The molecule has 1 atom stereocenters. The molecule has 3 rings (SSSR count). The Labute approximate surface area is 108 Å². The van der Waals surface area contributed by atoms with E-state index in [9.17, 15) is 9.90 Å². The Bertz CT molecular complexity index is 319. The Morgan fingerprint density at radius 3 is 2.61 bits per heavy atom. The third-order valence-corrected chi connectivity index (χ3v) is 4.74. The highest BCUT2D eigenvalue weighted by Crippen LogP contribution is 2.37. The number of likely N-dealkylation sites (tertiary alicyclic amines) is 1. The van der Waals surface area contributed by atoms with Crippen molar-refractivity contribution in [2.24, 2.45) is 5.92 Å². The predicted octanol–water partition coefficient (Wildman–Crippen LogP) is 1.32. The molecule has 18 heavy (non-hydrogen) atoms. The third-order valence-electron chi connectivity index (χ3n) is 4.74. The summed E-state index contributed by atoms with van der Waals surface area (Å²) in [5.74, 6) is 0.961. The molecule has 2 aliphatic heterocycles. The molecule has 1 N–H and O–H groups in total. The van der Waals surface area contributed by atoms with Gasteiger partial charge in [0, 0.05) is 26.1 Å². The van der Waals surface area contributed by atoms with Crippen molar-refractivity contribution in [3.8, 4) is 0 Å². The van der Waals surface area contributed by atoms with Crippen LogP contribution in [0.4, 0.5) is 0 Å². The van der Waals surface area contributed by atoms with Gasteiger partial charge in [-0.05, 0) is 44.4 Å². The van der Waals surface area contributed by atoms with Crippen molar-refractivity contribution in [2.75, 3.05) is 19.7 Å². The highest BCUT2D eigenvalue weighted by molar-refractivity contribution is 5.76. The van der Waals surface area contributed by atoms with Crippen LogP contribution >= 0.6 is 0 Å². The summed E-state index contributed by atoms with van der Waals surface area (Å²) in [5.41, 5.74) is -0.353. The van der Waals surface area contributed by atoms with Crippen LogP contribution in [0.1, 0.15) is 44.9 Å². The summed E-state index contributed by atoms with van der Waals surface area (Å²) in [6, 6.07) is 0. The lowest BCUT2D eigenvalue weighted by Crippen LogP contribution is -2.56. The number of hydrogen-bond acceptors (Lipinski definition) is 3. The van der Waals surface area contributed by atoms with E-state index in [0.29, 0.717) is 11.8 Å². The molecular formula is C14H23NO3. The maximum absolute atomic E-state index is 12.0. The molecule has 1 spiro atoms. The Morgan fingerprint density at radius 1 is 1.28 bits per heavy atom. The molecule has 4 heteroatoms. The minimum absolute atomic E-state index is 0.303. The normalized spacial score (nSPS) is 31.6. The molecule has 0 aromatic carbocycles. The van der Waals surface area contributed by atoms with Crippen LogP contribution in [0.3, 0.4) is 0 Å². The van der Waals surface area contributed by atoms with Crippen molar-refractivity contribution in [3.05, 3.63) is 0 Å². The fourth-order valence-electron chi connectivity index (χ4n) is 3.22. The zero-order valence-corrected chi connectivity index (χ0v) is 10.9. The molecule has 3 fully saturated rings. The molecule has 102 valence electrons. The second-order valence-corrected chi connectivity index (χ2v) is 6.10. The van der Waals surface area contributed by atoms with Crippen molar-refractivity contribution in [2.45, 2.75) is 56.7 Å². The molecule has 0 radical (unpaired) electrons. The number of carbonyl (C=O) groups excluding carboxylic acids is 1. The monoisotopic (exact) mass is 253 g/mol. The number of nitrogens with zero attached hydrogens (tertiary/aromatic N) is 1. The van der Waals surface area contributed by atoms with Gasteiger partial charge in [-0.15, -0.1) is 0 Å². The summed E-state index contributed by atoms with van der Waals surface area (Å²) >= 11 is 0. The molecule has 1 aliphatic carbocycles. The molecule has 0 bridgehead atoms. The Balaban J connectivity index is 1.54. The smallest absolute Gasteiger partial charge is 0.222 e. The summed E-state index contributed by atoms with van der Waals surface area (Å²) in [7, 11) is 0. The molecular weight excluding hydrogens is 230 g/mol. The van der Waals surface area contributed by atoms with E-state index in [4.69, 9.17) is 4.74 Å². The number of piperidine rings is 1. The van der Waals surface area contributed by atoms with Gasteiger partial charge >= 0.3 is 0 Å². The van der Waals surface area contributed by atoms with E-state index < -0.39 is 0 Å². The lowest BCUT2D eigenvalue weighted by Gasteiger charge is -2.46. The summed E-state index contributed by atoms with van der Waals surface area (Å²) in [5, 5.41) is 10.1. The van der Waals surface area contributed by atoms with Gasteiger partial charge in [0.25, 0.3) is 0 Å². The van der Waals surface area contributed by atoms with Crippen LogP contribution in [-0.4, -0.2) is 47.3 Å². The maximum Gasteiger partial charge on any atom is 0.222 e. The average molecular weight is 253 g/mol. The van der Waals surface area contributed by atoms with E-state index in [0.717, 1.165) is 51.8 Å². The molecule has 2 saturated heterocycles. The lowest BCUT2D eigenvalue weighted by molar-refractivity contribution is -0.179. The topological polar surface area (TPSA) is 49.8 Å². The fraction of sp³-hybridized carbons (Fsp3) is 0.929. The first kappa shape index (κ1) is 12.4. The quantitative estimate of drug-likeness (QED) is 0.807. The zero-order valence-electron chi connectivity index (χ0n) is 10.9. The SMILES string of the molecule is O=C(CC1CC1)N1CCC2(CC1)OCCC[C@@H]2O. The van der Waals surface area contributed by atoms with Gasteiger partial charge in [0.1, 0.15) is 0 Å². The van der Waals surface area contributed by atoms with E-state index >= 15 is 0 Å². The van der Waals surface area contributed by atoms with E-state index in [1.54, 1.807) is 0 Å². The average Bonchev–Trinajstić information content (AvgIpc) is 3.18. The van der Waals surface area contributed by atoms with Crippen molar-refractivity contribution in [1.29, 1.82) is 0 Å². The molecule has 3 aliphatic rings. The zero-order chi connectivity index (χ0) is 12.6. The van der Waals surface area contributed by atoms with Crippen LogP contribution in [-0.2, 0) is 9.53 Å². The van der Waals surface area contributed by atoms with Crippen molar-refractivity contribution >= 4 is 5.91 Å². The number of rotatable bonds is 2. The number of amides is 1. The molecule has 0 aromatic rings. The van der Waals surface area contributed by atoms with Gasteiger partial charge in [-0.2, -0.15) is 0 Å². The van der Waals surface area contributed by atoms with E-state index in [-0.39, 0.29) is 11.7 Å². The summed E-state index contributed by atoms with van der Waals surface area (Å²) < 4.78 is 5.85. The van der Waals surface area contributed by atoms with Gasteiger partial charge in [-0.3, -0.25) is 4.79 Å². The molecule has 4 nitrogen and oxygen atoms in total. The van der Waals surface area contributed by atoms with Gasteiger partial charge in [-0.1, -0.05) is 0 Å². The third kappa shape index (κ3) is 2.41. The van der Waals surface area contributed by atoms with Crippen molar-refractivity contribution < 1.29 is 14.6 Å². The highest BCUT2D eigenvalue weighted by atomic mass is 16.5. The van der Waals surface area contributed by atoms with Gasteiger partial charge in [0.05, 0.1) is 11.7 Å². The number of aliphatic hydroxyl groups is 1. The predicted molar refractivity (Wildman–Crippen MR) is 67.1 cm³/mol. The lowest BCUT2D eigenvalue weighted by atomic mass is 9.82. The first-order valence-corrected chi connectivity index (χ1v) is 7.29. The molecule has 0 unspecified atom stereocenters. The summed E-state index contributed by atoms with van der Waals surface area (Å²) in [4.78, 5) is 14.0. The van der Waals surface area contributed by atoms with Gasteiger partial charge < -0.3 is 14.7 Å². The summed E-state index contributed by atoms with van der Waals surface area (Å²) in [6.07, 6.45) is 6.23. The number of ether oxygens (including phenoxy) is 1. The number of carbonyl (C=O) groups is 1. The van der Waals surface area contributed by atoms with Crippen LogP contribution < -0.4 is 0 Å². The molecule has 0 aromatic heterocycles. The number of aliphatic hydroxyl groups excluding tert-OH is 1. The van der Waals surface area contributed by atoms with Gasteiger partial charge in [0.2, 0.25) is 5.91 Å². The Morgan fingerprint density at radius 2 is 2.00 bits per heavy atom. The van der Waals surface area contributed by atoms with Crippen LogP contribution in [0.15, 0.2) is 0 Å². The molecule has 1 amide bonds. The van der Waals surface area contributed by atoms with Crippen LogP contribution in [0.5, 0.6) is 0 Å². The Kier molecular flexibility index (Phi) is 3.32. The van der Waals surface area contributed by atoms with E-state index in [1.165, 1.54) is 12.8 Å². The van der Waals surface area contributed by atoms with Crippen molar-refractivity contribution in [3.63, 3.8) is 0 Å². The summed E-state index contributed by atoms with van der Waals surface area (Å²) in [6.45, 7) is 2.26. The fourth-order valence-corrected chi connectivity index (χ4v) is 3.22. The second-order valence-electron chi connectivity index (χ2n) is 6.10. The molecule has 1 saturated carbocycles. The molecule has 2 heterocycles. The minimum atomic E-state index is -0.353. The van der Waals surface area contributed by atoms with Crippen LogP contribution in [0.2, 0.25) is 0 Å². The van der Waals surface area contributed by atoms with Crippen molar-refractivity contribution in [1.82, 2.24) is 4.90 Å². The van der Waals surface area contributed by atoms with Crippen LogP contribution in [0, 0.1) is 5.92 Å². The number of hydrogen-bond donors (Lipinski definition) is 1. The standard InChI is InChI=1S/C14H23NO3/c16-12-2-1-9-18-14(12)5-7-15(8-6-14)13(17)10-11-3-4-11/h11-12,16H,1-10H2/t12-/m0/s1. The Hall–Kier alpha value is -0.610.